The fourth-order valence-corrected chi connectivity index (χ4v) is 2.66. The summed E-state index contributed by atoms with van der Waals surface area (Å²) >= 11 is 0. The number of nitrogens with zero attached hydrogens (tertiary/aromatic N) is 4. The fourth-order valence-electron chi connectivity index (χ4n) is 2.66. The van der Waals surface area contributed by atoms with Crippen LogP contribution in [0.5, 0.6) is 0 Å². The number of carbonyl (C=O) groups is 1. The molecule has 0 unspecified atom stereocenters. The van der Waals surface area contributed by atoms with E-state index in [0.717, 1.165) is 24.9 Å². The second-order valence-corrected chi connectivity index (χ2v) is 5.49. The van der Waals surface area contributed by atoms with Crippen molar-refractivity contribution >= 4 is 17.7 Å². The molecule has 1 aliphatic heterocycles. The molecule has 6 heteroatoms. The minimum Gasteiger partial charge on any atom is -0.340 e. The van der Waals surface area contributed by atoms with Gasteiger partial charge in [-0.15, -0.1) is 0 Å². The van der Waals surface area contributed by atoms with Gasteiger partial charge in [-0.1, -0.05) is 6.07 Å². The van der Waals surface area contributed by atoms with Gasteiger partial charge in [-0.25, -0.2) is 15.0 Å². The Bertz CT molecular complexity index is 646. The van der Waals surface area contributed by atoms with E-state index in [1.54, 1.807) is 24.7 Å². The SMILES string of the molecule is Cc1cccnc1NC(=O)[C@@H]1CCCN(c2ncccn2)C1. The number of aromatic nitrogens is 3. The van der Waals surface area contributed by atoms with Gasteiger partial charge in [0.15, 0.2) is 0 Å². The number of rotatable bonds is 3. The molecule has 1 atom stereocenters. The minimum atomic E-state index is -0.0704. The van der Waals surface area contributed by atoms with Crippen LogP contribution in [0.15, 0.2) is 36.8 Å². The maximum Gasteiger partial charge on any atom is 0.230 e. The quantitative estimate of drug-likeness (QED) is 0.938. The highest BCUT2D eigenvalue weighted by molar-refractivity contribution is 5.92. The summed E-state index contributed by atoms with van der Waals surface area (Å²) in [5, 5.41) is 2.93. The molecule has 0 bridgehead atoms. The van der Waals surface area contributed by atoms with Crippen LogP contribution in [0.25, 0.3) is 0 Å². The van der Waals surface area contributed by atoms with Crippen molar-refractivity contribution in [3.8, 4) is 0 Å². The standard InChI is InChI=1S/C16H19N5O/c1-12-5-2-7-17-14(12)20-15(22)13-6-3-10-21(11-13)16-18-8-4-9-19-16/h2,4-5,7-9,13H,3,6,10-11H2,1H3,(H,17,20,22)/t13-/m1/s1. The number of piperidine rings is 1. The van der Waals surface area contributed by atoms with Crippen LogP contribution in [-0.2, 0) is 4.79 Å². The number of carbonyl (C=O) groups excluding carboxylic acids is 1. The molecule has 114 valence electrons. The maximum absolute atomic E-state index is 12.5. The Morgan fingerprint density at radius 1 is 1.23 bits per heavy atom. The molecule has 0 spiro atoms. The van der Waals surface area contributed by atoms with Crippen molar-refractivity contribution in [3.05, 3.63) is 42.4 Å². The van der Waals surface area contributed by atoms with Gasteiger partial charge in [-0.3, -0.25) is 4.79 Å². The maximum atomic E-state index is 12.5. The molecule has 1 amide bonds. The lowest BCUT2D eigenvalue weighted by Crippen LogP contribution is -2.41. The van der Waals surface area contributed by atoms with Crippen molar-refractivity contribution < 1.29 is 4.79 Å². The molecule has 2 aromatic heterocycles. The van der Waals surface area contributed by atoms with Gasteiger partial charge in [0.2, 0.25) is 11.9 Å². The molecule has 3 heterocycles. The van der Waals surface area contributed by atoms with Crippen LogP contribution in [-0.4, -0.2) is 33.9 Å². The van der Waals surface area contributed by atoms with Crippen LogP contribution in [0.1, 0.15) is 18.4 Å². The topological polar surface area (TPSA) is 71.0 Å². The summed E-state index contributed by atoms with van der Waals surface area (Å²) in [6, 6.07) is 5.59. The van der Waals surface area contributed by atoms with Crippen molar-refractivity contribution in [2.24, 2.45) is 5.92 Å². The van der Waals surface area contributed by atoms with E-state index in [9.17, 15) is 4.79 Å². The Labute approximate surface area is 129 Å². The zero-order chi connectivity index (χ0) is 15.4. The highest BCUT2D eigenvalue weighted by atomic mass is 16.2. The Balaban J connectivity index is 1.67. The first-order valence-electron chi connectivity index (χ1n) is 7.48. The van der Waals surface area contributed by atoms with Gasteiger partial charge in [-0.05, 0) is 37.5 Å². The Morgan fingerprint density at radius 3 is 2.77 bits per heavy atom. The van der Waals surface area contributed by atoms with E-state index in [-0.39, 0.29) is 11.8 Å². The largest absolute Gasteiger partial charge is 0.340 e. The fraction of sp³-hybridized carbons (Fsp3) is 0.375. The van der Waals surface area contributed by atoms with Crippen LogP contribution in [0, 0.1) is 12.8 Å². The summed E-state index contributed by atoms with van der Waals surface area (Å²) in [5.41, 5.74) is 0.968. The number of aryl methyl sites for hydroxylation is 1. The van der Waals surface area contributed by atoms with Gasteiger partial charge >= 0.3 is 0 Å². The van der Waals surface area contributed by atoms with Crippen LogP contribution in [0.4, 0.5) is 11.8 Å². The number of pyridine rings is 1. The Morgan fingerprint density at radius 2 is 2.00 bits per heavy atom. The molecular weight excluding hydrogens is 278 g/mol. The van der Waals surface area contributed by atoms with Crippen molar-refractivity contribution in [2.45, 2.75) is 19.8 Å². The number of nitrogens with one attached hydrogen (secondary N) is 1. The van der Waals surface area contributed by atoms with Gasteiger partial charge in [0, 0.05) is 31.7 Å². The van der Waals surface area contributed by atoms with E-state index in [4.69, 9.17) is 0 Å². The third-order valence-electron chi connectivity index (χ3n) is 3.88. The third-order valence-corrected chi connectivity index (χ3v) is 3.88. The number of amides is 1. The monoisotopic (exact) mass is 297 g/mol. The summed E-state index contributed by atoms with van der Waals surface area (Å²) in [5.74, 6) is 1.27. The van der Waals surface area contributed by atoms with Crippen molar-refractivity contribution in [3.63, 3.8) is 0 Å². The molecular formula is C16H19N5O. The Kier molecular flexibility index (Phi) is 4.27. The van der Waals surface area contributed by atoms with E-state index in [0.29, 0.717) is 18.3 Å². The zero-order valence-electron chi connectivity index (χ0n) is 12.6. The van der Waals surface area contributed by atoms with Crippen LogP contribution in [0.2, 0.25) is 0 Å². The lowest BCUT2D eigenvalue weighted by atomic mass is 9.97. The molecule has 1 fully saturated rings. The summed E-state index contributed by atoms with van der Waals surface area (Å²) in [7, 11) is 0. The predicted octanol–water partition coefficient (Wildman–Crippen LogP) is 2.04. The molecule has 0 aliphatic carbocycles. The highest BCUT2D eigenvalue weighted by Crippen LogP contribution is 2.21. The first kappa shape index (κ1) is 14.4. The van der Waals surface area contributed by atoms with Gasteiger partial charge < -0.3 is 10.2 Å². The van der Waals surface area contributed by atoms with E-state index >= 15 is 0 Å². The van der Waals surface area contributed by atoms with Gasteiger partial charge in [0.25, 0.3) is 0 Å². The lowest BCUT2D eigenvalue weighted by Gasteiger charge is -2.31. The van der Waals surface area contributed by atoms with Crippen LogP contribution >= 0.6 is 0 Å². The molecule has 3 rings (SSSR count). The predicted molar refractivity (Wildman–Crippen MR) is 84.6 cm³/mol. The minimum absolute atomic E-state index is 0.0161. The van der Waals surface area contributed by atoms with E-state index in [2.05, 4.69) is 25.2 Å². The lowest BCUT2D eigenvalue weighted by molar-refractivity contribution is -0.120. The first-order chi connectivity index (χ1) is 10.7. The Hall–Kier alpha value is -2.50. The molecule has 0 saturated carbocycles. The molecule has 2 aromatic rings. The first-order valence-corrected chi connectivity index (χ1v) is 7.48. The van der Waals surface area contributed by atoms with Crippen LogP contribution < -0.4 is 10.2 Å². The normalized spacial score (nSPS) is 18.0. The van der Waals surface area contributed by atoms with E-state index < -0.39 is 0 Å². The number of hydrogen-bond acceptors (Lipinski definition) is 5. The van der Waals surface area contributed by atoms with E-state index in [1.165, 1.54) is 0 Å². The smallest absolute Gasteiger partial charge is 0.230 e. The van der Waals surface area contributed by atoms with Crippen molar-refractivity contribution in [1.29, 1.82) is 0 Å². The zero-order valence-corrected chi connectivity index (χ0v) is 12.6. The van der Waals surface area contributed by atoms with Gasteiger partial charge in [0.1, 0.15) is 5.82 Å². The number of hydrogen-bond donors (Lipinski definition) is 1. The number of anilines is 2. The molecule has 0 aromatic carbocycles. The summed E-state index contributed by atoms with van der Waals surface area (Å²) in [6.45, 7) is 3.46. The summed E-state index contributed by atoms with van der Waals surface area (Å²) in [4.78, 5) is 27.3. The molecule has 1 saturated heterocycles. The molecule has 6 nitrogen and oxygen atoms in total. The van der Waals surface area contributed by atoms with Gasteiger partial charge in [-0.2, -0.15) is 0 Å². The van der Waals surface area contributed by atoms with Crippen molar-refractivity contribution in [1.82, 2.24) is 15.0 Å². The summed E-state index contributed by atoms with van der Waals surface area (Å²) in [6.07, 6.45) is 6.97. The van der Waals surface area contributed by atoms with Gasteiger partial charge in [0.05, 0.1) is 5.92 Å². The molecule has 0 radical (unpaired) electrons. The summed E-state index contributed by atoms with van der Waals surface area (Å²) < 4.78 is 0. The average molecular weight is 297 g/mol. The van der Waals surface area contributed by atoms with Crippen LogP contribution in [0.3, 0.4) is 0 Å². The average Bonchev–Trinajstić information content (AvgIpc) is 2.58. The third kappa shape index (κ3) is 3.21. The van der Waals surface area contributed by atoms with Crippen molar-refractivity contribution in [2.75, 3.05) is 23.3 Å². The second-order valence-electron chi connectivity index (χ2n) is 5.49. The molecule has 22 heavy (non-hydrogen) atoms. The second kappa shape index (κ2) is 6.51. The van der Waals surface area contributed by atoms with E-state index in [1.807, 2.05) is 19.1 Å². The highest BCUT2D eigenvalue weighted by Gasteiger charge is 2.27. The molecule has 1 aliphatic rings. The molecule has 1 N–H and O–H groups in total.